The summed E-state index contributed by atoms with van der Waals surface area (Å²) in [5.74, 6) is -1.65. The number of benzene rings is 2. The lowest BCUT2D eigenvalue weighted by Crippen LogP contribution is -2.53. The van der Waals surface area contributed by atoms with Gasteiger partial charge in [-0.05, 0) is 25.1 Å². The van der Waals surface area contributed by atoms with E-state index in [0.717, 1.165) is 17.8 Å². The fourth-order valence-corrected chi connectivity index (χ4v) is 5.50. The van der Waals surface area contributed by atoms with E-state index >= 15 is 0 Å². The van der Waals surface area contributed by atoms with Crippen LogP contribution in [0.4, 0.5) is 14.5 Å². The number of halogens is 2. The van der Waals surface area contributed by atoms with Crippen molar-refractivity contribution in [1.82, 2.24) is 19.1 Å². The maximum Gasteiger partial charge on any atom is 0.137 e. The molecule has 32 heavy (non-hydrogen) atoms. The molecule has 1 aliphatic rings. The number of para-hydroxylation sites is 1. The summed E-state index contributed by atoms with van der Waals surface area (Å²) in [7, 11) is -1.63. The second-order valence-electron chi connectivity index (χ2n) is 7.81. The third-order valence-corrected chi connectivity index (χ3v) is 7.73. The topological polar surface area (TPSA) is 74.5 Å². The lowest BCUT2D eigenvalue weighted by molar-refractivity contribution is 0.0110. The number of aliphatic hydroxyl groups is 1. The van der Waals surface area contributed by atoms with Crippen LogP contribution in [-0.4, -0.2) is 59.8 Å². The van der Waals surface area contributed by atoms with Crippen molar-refractivity contribution in [1.29, 1.82) is 0 Å². The fraction of sp³-hybridized carbons (Fsp3) is 0.364. The zero-order valence-corrected chi connectivity index (χ0v) is 18.5. The number of piperazine rings is 1. The first kappa shape index (κ1) is 22.5. The largest absolute Gasteiger partial charge is 0.382 e. The van der Waals surface area contributed by atoms with E-state index in [0.29, 0.717) is 26.2 Å². The van der Waals surface area contributed by atoms with Gasteiger partial charge in [0.05, 0.1) is 11.8 Å². The third-order valence-electron chi connectivity index (χ3n) is 5.86. The van der Waals surface area contributed by atoms with Crippen LogP contribution >= 0.6 is 0 Å². The number of nitrogens with zero attached hydrogens (tertiary/aromatic N) is 5. The molecule has 1 aromatic heterocycles. The number of anilines is 1. The minimum Gasteiger partial charge on any atom is -0.382 e. The van der Waals surface area contributed by atoms with Crippen LogP contribution in [0.3, 0.4) is 0 Å². The maximum atomic E-state index is 14.7. The molecule has 2 aromatic carbocycles. The first-order valence-electron chi connectivity index (χ1n) is 10.3. The van der Waals surface area contributed by atoms with E-state index in [1.54, 1.807) is 11.2 Å². The summed E-state index contributed by atoms with van der Waals surface area (Å²) < 4.78 is 44.9. The van der Waals surface area contributed by atoms with Crippen molar-refractivity contribution in [2.75, 3.05) is 31.1 Å². The van der Waals surface area contributed by atoms with Gasteiger partial charge in [0.25, 0.3) is 0 Å². The average Bonchev–Trinajstić information content (AvgIpc) is 3.31. The van der Waals surface area contributed by atoms with Gasteiger partial charge in [0.2, 0.25) is 0 Å². The highest BCUT2D eigenvalue weighted by molar-refractivity contribution is 7.83. The summed E-state index contributed by atoms with van der Waals surface area (Å²) in [6.45, 7) is 3.84. The highest BCUT2D eigenvalue weighted by Gasteiger charge is 2.44. The van der Waals surface area contributed by atoms with Gasteiger partial charge in [-0.15, -0.1) is 0 Å². The van der Waals surface area contributed by atoms with E-state index in [1.807, 2.05) is 30.3 Å². The summed E-state index contributed by atoms with van der Waals surface area (Å²) >= 11 is 0. The second-order valence-corrected chi connectivity index (χ2v) is 9.59. The summed E-state index contributed by atoms with van der Waals surface area (Å²) in [4.78, 5) is 6.07. The molecule has 0 saturated carbocycles. The number of rotatable bonds is 7. The van der Waals surface area contributed by atoms with Gasteiger partial charge in [-0.25, -0.2) is 27.0 Å². The Kier molecular flexibility index (Phi) is 6.63. The standard InChI is InChI=1S/C22H25F2N5O2S/c1-17(32(31)29-11-9-27(10-12-29)19-5-3-2-4-6-19)22(30,14-28-16-25-15-26-28)20-8-7-18(23)13-21(20)24/h2-8,13,15-17,30H,9-12,14H2,1H3/t17-,22-,32?/m1/s1. The molecule has 4 rings (SSSR count). The monoisotopic (exact) mass is 461 g/mol. The molecule has 7 nitrogen and oxygen atoms in total. The molecule has 0 aliphatic carbocycles. The summed E-state index contributed by atoms with van der Waals surface area (Å²) in [6, 6.07) is 13.0. The lowest BCUT2D eigenvalue weighted by Gasteiger charge is -2.40. The Balaban J connectivity index is 1.55. The maximum absolute atomic E-state index is 14.7. The molecule has 10 heteroatoms. The smallest absolute Gasteiger partial charge is 0.137 e. The molecule has 0 radical (unpaired) electrons. The van der Waals surface area contributed by atoms with Gasteiger partial charge >= 0.3 is 0 Å². The first-order valence-corrected chi connectivity index (χ1v) is 11.5. The molecule has 1 N–H and O–H groups in total. The Morgan fingerprint density at radius 1 is 1.12 bits per heavy atom. The summed E-state index contributed by atoms with van der Waals surface area (Å²) in [6.07, 6.45) is 2.69. The number of hydrogen-bond donors (Lipinski definition) is 1. The predicted octanol–water partition coefficient (Wildman–Crippen LogP) is 2.32. The fourth-order valence-electron chi connectivity index (χ4n) is 3.99. The minimum absolute atomic E-state index is 0.127. The van der Waals surface area contributed by atoms with Crippen LogP contribution in [0, 0.1) is 11.6 Å². The molecular formula is C22H25F2N5O2S. The van der Waals surface area contributed by atoms with Crippen molar-refractivity contribution in [3.8, 4) is 0 Å². The van der Waals surface area contributed by atoms with Crippen LogP contribution in [0.2, 0.25) is 0 Å². The van der Waals surface area contributed by atoms with Crippen LogP contribution < -0.4 is 4.90 Å². The number of hydrogen-bond acceptors (Lipinski definition) is 5. The molecule has 1 fully saturated rings. The van der Waals surface area contributed by atoms with E-state index in [-0.39, 0.29) is 12.1 Å². The van der Waals surface area contributed by atoms with Crippen molar-refractivity contribution in [2.24, 2.45) is 0 Å². The van der Waals surface area contributed by atoms with E-state index in [2.05, 4.69) is 15.0 Å². The zero-order valence-electron chi connectivity index (χ0n) is 17.6. The normalized spacial score (nSPS) is 18.8. The molecule has 3 atom stereocenters. The van der Waals surface area contributed by atoms with Gasteiger partial charge in [0, 0.05) is 43.5 Å². The first-order chi connectivity index (χ1) is 15.4. The van der Waals surface area contributed by atoms with Crippen molar-refractivity contribution in [2.45, 2.75) is 24.3 Å². The van der Waals surface area contributed by atoms with Gasteiger partial charge in [-0.2, -0.15) is 5.10 Å². The van der Waals surface area contributed by atoms with Crippen molar-refractivity contribution in [3.05, 3.63) is 78.4 Å². The quantitative estimate of drug-likeness (QED) is 0.585. The van der Waals surface area contributed by atoms with Gasteiger partial charge < -0.3 is 10.0 Å². The molecule has 1 unspecified atom stereocenters. The molecule has 1 aliphatic heterocycles. The molecule has 2 heterocycles. The van der Waals surface area contributed by atoms with E-state index in [9.17, 15) is 18.1 Å². The predicted molar refractivity (Wildman–Crippen MR) is 118 cm³/mol. The van der Waals surface area contributed by atoms with Crippen LogP contribution in [0.25, 0.3) is 0 Å². The highest BCUT2D eigenvalue weighted by atomic mass is 32.2. The van der Waals surface area contributed by atoms with Crippen molar-refractivity contribution in [3.63, 3.8) is 0 Å². The zero-order chi connectivity index (χ0) is 22.7. The molecule has 3 aromatic rings. The molecule has 0 amide bonds. The molecule has 0 bridgehead atoms. The van der Waals surface area contributed by atoms with E-state index in [4.69, 9.17) is 0 Å². The average molecular weight is 462 g/mol. The Morgan fingerprint density at radius 2 is 1.84 bits per heavy atom. The second kappa shape index (κ2) is 9.43. The van der Waals surface area contributed by atoms with Crippen LogP contribution in [0.1, 0.15) is 12.5 Å². The molecule has 170 valence electrons. The molecule has 0 spiro atoms. The lowest BCUT2D eigenvalue weighted by atomic mass is 9.90. The van der Waals surface area contributed by atoms with Gasteiger partial charge in [0.15, 0.2) is 0 Å². The molecule has 1 saturated heterocycles. The van der Waals surface area contributed by atoms with Crippen molar-refractivity contribution >= 4 is 16.7 Å². The van der Waals surface area contributed by atoms with Crippen molar-refractivity contribution < 1.29 is 18.1 Å². The third kappa shape index (κ3) is 4.57. The summed E-state index contributed by atoms with van der Waals surface area (Å²) in [5, 5.41) is 14.8. The Bertz CT molecular complexity index is 1060. The minimum atomic E-state index is -1.90. The van der Waals surface area contributed by atoms with E-state index < -0.39 is 33.5 Å². The van der Waals surface area contributed by atoms with Crippen LogP contribution in [0.5, 0.6) is 0 Å². The number of aromatic nitrogens is 3. The van der Waals surface area contributed by atoms with Gasteiger partial charge in [-0.3, -0.25) is 0 Å². The molecular weight excluding hydrogens is 436 g/mol. The van der Waals surface area contributed by atoms with Gasteiger partial charge in [0.1, 0.15) is 40.9 Å². The van der Waals surface area contributed by atoms with Crippen LogP contribution in [-0.2, 0) is 23.1 Å². The highest BCUT2D eigenvalue weighted by Crippen LogP contribution is 2.33. The Labute approximate surface area is 187 Å². The SMILES string of the molecule is C[C@@H](S(=O)N1CCN(c2ccccc2)CC1)[C@](O)(Cn1cncn1)c1ccc(F)cc1F. The summed E-state index contributed by atoms with van der Waals surface area (Å²) in [5.41, 5.74) is -0.923. The van der Waals surface area contributed by atoms with Crippen LogP contribution in [0.15, 0.2) is 61.2 Å². The van der Waals surface area contributed by atoms with E-state index in [1.165, 1.54) is 23.4 Å². The van der Waals surface area contributed by atoms with Gasteiger partial charge in [-0.1, -0.05) is 24.3 Å². The Morgan fingerprint density at radius 3 is 2.47 bits per heavy atom. The Hall–Kier alpha value is -2.69.